The van der Waals surface area contributed by atoms with E-state index in [4.69, 9.17) is 17.0 Å². The highest BCUT2D eigenvalue weighted by Crippen LogP contribution is 2.08. The third-order valence-corrected chi connectivity index (χ3v) is 1.67. The number of rotatable bonds is 3. The molecular formula is C9H12ClNO. The molecule has 0 aliphatic carbocycles. The van der Waals surface area contributed by atoms with Crippen LogP contribution in [0.15, 0.2) is 22.8 Å². The van der Waals surface area contributed by atoms with E-state index in [0.29, 0.717) is 10.6 Å². The van der Waals surface area contributed by atoms with Gasteiger partial charge in [0, 0.05) is 16.3 Å². The van der Waals surface area contributed by atoms with Crippen LogP contribution in [-0.4, -0.2) is 11.5 Å². The van der Waals surface area contributed by atoms with E-state index in [1.165, 1.54) is 13.0 Å². The number of hydrogen-bond acceptors (Lipinski definition) is 2. The van der Waals surface area contributed by atoms with Crippen molar-refractivity contribution in [2.45, 2.75) is 20.8 Å². The Hall–Kier alpha value is -0.890. The third kappa shape index (κ3) is 3.49. The minimum Gasteiger partial charge on any atom is -0.305 e. The van der Waals surface area contributed by atoms with Crippen molar-refractivity contribution in [2.24, 2.45) is 0 Å². The molecule has 0 aliphatic rings. The number of carbonyl (C=O) groups excluding carboxylic acids is 1. The van der Waals surface area contributed by atoms with Crippen LogP contribution in [0.3, 0.4) is 0 Å². The first kappa shape index (κ1) is 11.1. The minimum absolute atomic E-state index is 0.137. The summed E-state index contributed by atoms with van der Waals surface area (Å²) >= 11 is 5.68. The Labute approximate surface area is 77.4 Å². The van der Waals surface area contributed by atoms with Gasteiger partial charge in [0.15, 0.2) is 5.78 Å². The average molecular weight is 186 g/mol. The summed E-state index contributed by atoms with van der Waals surface area (Å²) < 4.78 is 0. The molecular weight excluding hydrogens is 174 g/mol. The largest absolute Gasteiger partial charge is 0.305 e. The molecule has 1 N–H and O–H groups in total. The summed E-state index contributed by atoms with van der Waals surface area (Å²) in [5.41, 5.74) is 0.598. The molecule has 0 aromatic rings. The van der Waals surface area contributed by atoms with Crippen LogP contribution in [0.4, 0.5) is 0 Å². The van der Waals surface area contributed by atoms with Crippen LogP contribution >= 0.6 is 11.6 Å². The van der Waals surface area contributed by atoms with E-state index < -0.39 is 0 Å². The average Bonchev–Trinajstić information content (AvgIpc) is 1.98. The van der Waals surface area contributed by atoms with Gasteiger partial charge in [0.05, 0.1) is 0 Å². The number of carbonyl (C=O) groups is 1. The van der Waals surface area contributed by atoms with Gasteiger partial charge in [0.1, 0.15) is 0 Å². The molecule has 0 atom stereocenters. The maximum absolute atomic E-state index is 10.9. The molecule has 0 aromatic carbocycles. The van der Waals surface area contributed by atoms with E-state index in [1.54, 1.807) is 19.9 Å². The minimum atomic E-state index is -0.137. The molecule has 0 unspecified atom stereocenters. The fraction of sp³-hybridized carbons (Fsp3) is 0.333. The topological polar surface area (TPSA) is 40.9 Å². The molecule has 12 heavy (non-hydrogen) atoms. The summed E-state index contributed by atoms with van der Waals surface area (Å²) in [4.78, 5) is 10.9. The van der Waals surface area contributed by atoms with Crippen molar-refractivity contribution < 1.29 is 4.79 Å². The highest BCUT2D eigenvalue weighted by molar-refractivity contribution is 6.32. The van der Waals surface area contributed by atoms with Gasteiger partial charge in [-0.1, -0.05) is 17.7 Å². The summed E-state index contributed by atoms with van der Waals surface area (Å²) in [7, 11) is 0. The summed E-state index contributed by atoms with van der Waals surface area (Å²) in [6.07, 6.45) is 3.18. The first-order chi connectivity index (χ1) is 5.49. The van der Waals surface area contributed by atoms with Crippen LogP contribution in [0.2, 0.25) is 0 Å². The fourth-order valence-electron chi connectivity index (χ4n) is 0.695. The standard InChI is InChI=1S/C9H12ClNO/c1-4-8(10)5-9(6(2)11)7(3)12/h4-5,11H,1-3H3/b8-4+,9-5+,11-6?. The van der Waals surface area contributed by atoms with Gasteiger partial charge in [0.25, 0.3) is 0 Å². The van der Waals surface area contributed by atoms with E-state index >= 15 is 0 Å². The lowest BCUT2D eigenvalue weighted by Crippen LogP contribution is -2.05. The molecule has 2 nitrogen and oxygen atoms in total. The van der Waals surface area contributed by atoms with Crippen molar-refractivity contribution in [2.75, 3.05) is 0 Å². The molecule has 0 bridgehead atoms. The third-order valence-electron chi connectivity index (χ3n) is 1.34. The molecule has 0 aliphatic heterocycles. The molecule has 0 spiro atoms. The monoisotopic (exact) mass is 185 g/mol. The molecule has 0 radical (unpaired) electrons. The maximum Gasteiger partial charge on any atom is 0.161 e. The van der Waals surface area contributed by atoms with Crippen molar-refractivity contribution >= 4 is 23.1 Å². The number of ketones is 1. The van der Waals surface area contributed by atoms with E-state index in [9.17, 15) is 4.79 Å². The smallest absolute Gasteiger partial charge is 0.161 e. The SMILES string of the molecule is C/C=C(Cl)\C=C(/C(C)=N)C(C)=O. The highest BCUT2D eigenvalue weighted by Gasteiger charge is 2.05. The molecule has 66 valence electrons. The van der Waals surface area contributed by atoms with E-state index in [0.717, 1.165) is 0 Å². The maximum atomic E-state index is 10.9. The predicted molar refractivity (Wildman–Crippen MR) is 51.8 cm³/mol. The van der Waals surface area contributed by atoms with Crippen LogP contribution in [0.25, 0.3) is 0 Å². The van der Waals surface area contributed by atoms with Gasteiger partial charge in [-0.2, -0.15) is 0 Å². The molecule has 0 saturated heterocycles. The summed E-state index contributed by atoms with van der Waals surface area (Å²) in [6, 6.07) is 0. The second-order valence-electron chi connectivity index (χ2n) is 2.41. The Kier molecular flexibility index (Phi) is 4.52. The molecule has 0 fully saturated rings. The predicted octanol–water partition coefficient (Wildman–Crippen LogP) is 2.68. The van der Waals surface area contributed by atoms with Crippen LogP contribution in [0.1, 0.15) is 20.8 Å². The van der Waals surface area contributed by atoms with Crippen molar-refractivity contribution in [3.8, 4) is 0 Å². The number of allylic oxidation sites excluding steroid dienone is 4. The lowest BCUT2D eigenvalue weighted by Gasteiger charge is -1.99. The van der Waals surface area contributed by atoms with Crippen LogP contribution in [0, 0.1) is 5.41 Å². The molecule has 0 saturated carbocycles. The van der Waals surface area contributed by atoms with Crippen molar-refractivity contribution in [1.29, 1.82) is 5.41 Å². The Bertz CT molecular complexity index is 248. The van der Waals surface area contributed by atoms with Gasteiger partial charge in [-0.3, -0.25) is 4.79 Å². The zero-order valence-electron chi connectivity index (χ0n) is 7.44. The van der Waals surface area contributed by atoms with Gasteiger partial charge >= 0.3 is 0 Å². The molecule has 0 amide bonds. The molecule has 0 rings (SSSR count). The first-order valence-electron chi connectivity index (χ1n) is 3.59. The van der Waals surface area contributed by atoms with Crippen LogP contribution in [0.5, 0.6) is 0 Å². The Morgan fingerprint density at radius 1 is 1.42 bits per heavy atom. The van der Waals surface area contributed by atoms with Gasteiger partial charge in [-0.05, 0) is 26.8 Å². The molecule has 3 heteroatoms. The normalized spacial score (nSPS) is 13.0. The summed E-state index contributed by atoms with van der Waals surface area (Å²) in [5.74, 6) is -0.137. The Morgan fingerprint density at radius 3 is 2.17 bits per heavy atom. The zero-order valence-corrected chi connectivity index (χ0v) is 8.20. The Balaban J connectivity index is 4.87. The lowest BCUT2D eigenvalue weighted by molar-refractivity contribution is -0.113. The quantitative estimate of drug-likeness (QED) is 0.410. The fourth-order valence-corrected chi connectivity index (χ4v) is 0.804. The number of Topliss-reactive ketones (excluding diaryl/α,β-unsaturated/α-hetero) is 1. The van der Waals surface area contributed by atoms with Gasteiger partial charge in [0.2, 0.25) is 0 Å². The lowest BCUT2D eigenvalue weighted by atomic mass is 10.1. The number of hydrogen-bond donors (Lipinski definition) is 1. The number of halogens is 1. The second kappa shape index (κ2) is 4.88. The van der Waals surface area contributed by atoms with Gasteiger partial charge < -0.3 is 5.41 Å². The molecule has 0 heterocycles. The van der Waals surface area contributed by atoms with E-state index in [1.807, 2.05) is 0 Å². The van der Waals surface area contributed by atoms with Crippen LogP contribution < -0.4 is 0 Å². The van der Waals surface area contributed by atoms with Crippen molar-refractivity contribution in [3.63, 3.8) is 0 Å². The van der Waals surface area contributed by atoms with Crippen molar-refractivity contribution in [1.82, 2.24) is 0 Å². The summed E-state index contributed by atoms with van der Waals surface area (Å²) in [5, 5.41) is 7.75. The zero-order chi connectivity index (χ0) is 9.72. The first-order valence-corrected chi connectivity index (χ1v) is 3.96. The Morgan fingerprint density at radius 2 is 1.92 bits per heavy atom. The van der Waals surface area contributed by atoms with E-state index in [-0.39, 0.29) is 11.5 Å². The highest BCUT2D eigenvalue weighted by atomic mass is 35.5. The van der Waals surface area contributed by atoms with Crippen LogP contribution in [-0.2, 0) is 4.79 Å². The summed E-state index contributed by atoms with van der Waals surface area (Å²) in [6.45, 7) is 4.76. The van der Waals surface area contributed by atoms with E-state index in [2.05, 4.69) is 0 Å². The number of nitrogens with one attached hydrogen (secondary N) is 1. The second-order valence-corrected chi connectivity index (χ2v) is 2.85. The van der Waals surface area contributed by atoms with Gasteiger partial charge in [-0.15, -0.1) is 0 Å². The van der Waals surface area contributed by atoms with Gasteiger partial charge in [-0.25, -0.2) is 0 Å². The molecule has 0 aromatic heterocycles. The van der Waals surface area contributed by atoms with Crippen molar-refractivity contribution in [3.05, 3.63) is 22.8 Å².